The van der Waals surface area contributed by atoms with Crippen LogP contribution in [0.1, 0.15) is 45.6 Å². The average molecular weight is 600 g/mol. The summed E-state index contributed by atoms with van der Waals surface area (Å²) in [6, 6.07) is 14.5. The molecule has 1 heterocycles. The molecule has 0 aliphatic heterocycles. The zero-order chi connectivity index (χ0) is 31.1. The number of halogens is 4. The number of carboxylic acid groups (broad SMARTS) is 1. The number of benzene rings is 3. The SMILES string of the molecule is CC(OC(=O)NCc1conc1-c1ccc(C(=O)NC(Cc2ccc(C(F)(F)F)cc2)C(=O)O)cc1)c1ccccc1F. The van der Waals surface area contributed by atoms with E-state index < -0.39 is 47.7 Å². The third kappa shape index (κ3) is 7.97. The summed E-state index contributed by atoms with van der Waals surface area (Å²) in [4.78, 5) is 36.7. The summed E-state index contributed by atoms with van der Waals surface area (Å²) in [6.07, 6.45) is -5.07. The molecule has 2 unspecified atom stereocenters. The lowest BCUT2D eigenvalue weighted by molar-refractivity contribution is -0.139. The monoisotopic (exact) mass is 599 g/mol. The van der Waals surface area contributed by atoms with Crippen LogP contribution >= 0.6 is 0 Å². The van der Waals surface area contributed by atoms with Gasteiger partial charge in [-0.3, -0.25) is 4.79 Å². The second-order valence-corrected chi connectivity index (χ2v) is 9.45. The largest absolute Gasteiger partial charge is 0.480 e. The minimum absolute atomic E-state index is 0.0336. The topological polar surface area (TPSA) is 131 Å². The molecule has 0 aliphatic rings. The van der Waals surface area contributed by atoms with Gasteiger partial charge in [0.15, 0.2) is 0 Å². The predicted molar refractivity (Wildman–Crippen MR) is 144 cm³/mol. The fraction of sp³-hybridized carbons (Fsp3) is 0.200. The molecule has 2 atom stereocenters. The smallest absolute Gasteiger partial charge is 0.416 e. The molecule has 0 spiro atoms. The Bertz CT molecular complexity index is 1590. The molecule has 0 saturated heterocycles. The lowest BCUT2D eigenvalue weighted by Crippen LogP contribution is -2.42. The van der Waals surface area contributed by atoms with Crippen LogP contribution in [0.4, 0.5) is 22.4 Å². The quantitative estimate of drug-likeness (QED) is 0.193. The summed E-state index contributed by atoms with van der Waals surface area (Å²) in [5, 5.41) is 18.4. The number of alkyl halides is 3. The van der Waals surface area contributed by atoms with Gasteiger partial charge in [-0.25, -0.2) is 14.0 Å². The third-order valence-corrected chi connectivity index (χ3v) is 6.44. The minimum atomic E-state index is -4.52. The first-order chi connectivity index (χ1) is 20.4. The van der Waals surface area contributed by atoms with Crippen LogP contribution in [-0.4, -0.2) is 34.3 Å². The van der Waals surface area contributed by atoms with Crippen LogP contribution < -0.4 is 10.6 Å². The van der Waals surface area contributed by atoms with E-state index in [1.807, 2.05) is 0 Å². The number of ether oxygens (including phenoxy) is 1. The van der Waals surface area contributed by atoms with E-state index in [-0.39, 0.29) is 24.1 Å². The molecular weight excluding hydrogens is 574 g/mol. The number of alkyl carbamates (subject to hydrolysis) is 1. The molecule has 0 radical (unpaired) electrons. The van der Waals surface area contributed by atoms with Gasteiger partial charge in [0.25, 0.3) is 5.91 Å². The normalized spacial score (nSPS) is 12.7. The van der Waals surface area contributed by atoms with Gasteiger partial charge in [-0.15, -0.1) is 0 Å². The molecule has 4 aromatic rings. The van der Waals surface area contributed by atoms with Gasteiger partial charge in [0.2, 0.25) is 0 Å². The van der Waals surface area contributed by atoms with E-state index in [0.29, 0.717) is 22.4 Å². The first-order valence-electron chi connectivity index (χ1n) is 12.8. The Balaban J connectivity index is 1.35. The van der Waals surface area contributed by atoms with Crippen molar-refractivity contribution in [1.29, 1.82) is 0 Å². The summed E-state index contributed by atoms with van der Waals surface area (Å²) in [6.45, 7) is 1.50. The van der Waals surface area contributed by atoms with Gasteiger partial charge in [0.05, 0.1) is 12.1 Å². The molecule has 3 N–H and O–H groups in total. The Morgan fingerprint density at radius 3 is 2.30 bits per heavy atom. The molecule has 9 nitrogen and oxygen atoms in total. The van der Waals surface area contributed by atoms with Gasteiger partial charge in [0, 0.05) is 28.7 Å². The standard InChI is InChI=1S/C30H25F4N3O6/c1-17(23-4-2-3-5-24(23)31)43-29(41)35-15-21-16-42-37-26(21)19-8-10-20(11-9-19)27(38)36-25(28(39)40)14-18-6-12-22(13-7-18)30(32,33)34/h2-13,16-17,25H,14-15H2,1H3,(H,35,41)(H,36,38)(H,39,40). The number of carbonyl (C=O) groups is 3. The third-order valence-electron chi connectivity index (χ3n) is 6.44. The van der Waals surface area contributed by atoms with Crippen LogP contribution in [0.3, 0.4) is 0 Å². The highest BCUT2D eigenvalue weighted by Gasteiger charge is 2.30. The number of rotatable bonds is 10. The Hall–Kier alpha value is -5.20. The molecule has 2 amide bonds. The van der Waals surface area contributed by atoms with Crippen molar-refractivity contribution < 1.29 is 46.3 Å². The van der Waals surface area contributed by atoms with E-state index in [2.05, 4.69) is 15.8 Å². The zero-order valence-electron chi connectivity index (χ0n) is 22.5. The molecule has 3 aromatic carbocycles. The maximum Gasteiger partial charge on any atom is 0.416 e. The number of nitrogens with zero attached hydrogens (tertiary/aromatic N) is 1. The van der Waals surface area contributed by atoms with Gasteiger partial charge >= 0.3 is 18.2 Å². The molecule has 43 heavy (non-hydrogen) atoms. The summed E-state index contributed by atoms with van der Waals surface area (Å²) >= 11 is 0. The average Bonchev–Trinajstić information content (AvgIpc) is 3.44. The molecule has 0 bridgehead atoms. The van der Waals surface area contributed by atoms with E-state index in [0.717, 1.165) is 24.3 Å². The van der Waals surface area contributed by atoms with Gasteiger partial charge in [-0.1, -0.05) is 47.6 Å². The molecule has 4 rings (SSSR count). The van der Waals surface area contributed by atoms with Crippen LogP contribution in [0, 0.1) is 5.82 Å². The first-order valence-corrected chi connectivity index (χ1v) is 12.8. The molecule has 0 aliphatic carbocycles. The van der Waals surface area contributed by atoms with Gasteiger partial charge in [0.1, 0.15) is 29.9 Å². The second kappa shape index (κ2) is 13.2. The van der Waals surface area contributed by atoms with Crippen molar-refractivity contribution in [2.75, 3.05) is 0 Å². The lowest BCUT2D eigenvalue weighted by atomic mass is 10.0. The molecule has 1 aromatic heterocycles. The Labute approximate surface area is 242 Å². The fourth-order valence-electron chi connectivity index (χ4n) is 4.15. The highest BCUT2D eigenvalue weighted by Crippen LogP contribution is 2.29. The molecule has 0 fully saturated rings. The van der Waals surface area contributed by atoms with E-state index >= 15 is 0 Å². The Morgan fingerprint density at radius 1 is 1.00 bits per heavy atom. The van der Waals surface area contributed by atoms with Gasteiger partial charge in [-0.05, 0) is 42.8 Å². The highest BCUT2D eigenvalue weighted by atomic mass is 19.4. The number of nitrogens with one attached hydrogen (secondary N) is 2. The van der Waals surface area contributed by atoms with Crippen molar-refractivity contribution in [2.24, 2.45) is 0 Å². The maximum absolute atomic E-state index is 13.9. The number of aliphatic carboxylic acids is 1. The number of hydrogen-bond acceptors (Lipinski definition) is 6. The number of hydrogen-bond donors (Lipinski definition) is 3. The number of carbonyl (C=O) groups excluding carboxylic acids is 2. The number of carboxylic acids is 1. The minimum Gasteiger partial charge on any atom is -0.480 e. The molecule has 0 saturated carbocycles. The first kappa shape index (κ1) is 30.8. The number of aromatic nitrogens is 1. The highest BCUT2D eigenvalue weighted by molar-refractivity contribution is 5.97. The Kier molecular flexibility index (Phi) is 9.43. The van der Waals surface area contributed by atoms with Crippen LogP contribution in [0.15, 0.2) is 83.6 Å². The molecule has 224 valence electrons. The van der Waals surface area contributed by atoms with Gasteiger partial charge < -0.3 is 25.0 Å². The Morgan fingerprint density at radius 2 is 1.67 bits per heavy atom. The lowest BCUT2D eigenvalue weighted by Gasteiger charge is -2.15. The zero-order valence-corrected chi connectivity index (χ0v) is 22.5. The van der Waals surface area contributed by atoms with E-state index in [4.69, 9.17) is 9.26 Å². The summed E-state index contributed by atoms with van der Waals surface area (Å²) < 4.78 is 62.6. The summed E-state index contributed by atoms with van der Waals surface area (Å²) in [7, 11) is 0. The maximum atomic E-state index is 13.9. The summed E-state index contributed by atoms with van der Waals surface area (Å²) in [5.41, 5.74) is 1.14. The van der Waals surface area contributed by atoms with Crippen LogP contribution in [-0.2, 0) is 28.7 Å². The van der Waals surface area contributed by atoms with Crippen molar-refractivity contribution in [3.05, 3.63) is 113 Å². The molecule has 13 heteroatoms. The van der Waals surface area contributed by atoms with E-state index in [1.165, 1.54) is 43.5 Å². The van der Waals surface area contributed by atoms with Crippen molar-refractivity contribution in [3.63, 3.8) is 0 Å². The van der Waals surface area contributed by atoms with E-state index in [1.54, 1.807) is 18.2 Å². The van der Waals surface area contributed by atoms with Crippen LogP contribution in [0.25, 0.3) is 11.3 Å². The fourth-order valence-corrected chi connectivity index (χ4v) is 4.15. The van der Waals surface area contributed by atoms with Crippen LogP contribution in [0.2, 0.25) is 0 Å². The van der Waals surface area contributed by atoms with Crippen LogP contribution in [0.5, 0.6) is 0 Å². The summed E-state index contributed by atoms with van der Waals surface area (Å²) in [5.74, 6) is -2.56. The van der Waals surface area contributed by atoms with E-state index in [9.17, 15) is 37.1 Å². The predicted octanol–water partition coefficient (Wildman–Crippen LogP) is 5.91. The van der Waals surface area contributed by atoms with Crippen molar-refractivity contribution in [3.8, 4) is 11.3 Å². The van der Waals surface area contributed by atoms with Crippen molar-refractivity contribution >= 4 is 18.0 Å². The van der Waals surface area contributed by atoms with Gasteiger partial charge in [-0.2, -0.15) is 13.2 Å². The number of amides is 2. The van der Waals surface area contributed by atoms with Crippen molar-refractivity contribution in [1.82, 2.24) is 15.8 Å². The second-order valence-electron chi connectivity index (χ2n) is 9.45. The molecular formula is C30H25F4N3O6. The van der Waals surface area contributed by atoms with Crippen molar-refractivity contribution in [2.45, 2.75) is 38.2 Å².